The van der Waals surface area contributed by atoms with Gasteiger partial charge in [-0.25, -0.2) is 0 Å². The molecule has 1 atom stereocenters. The predicted molar refractivity (Wildman–Crippen MR) is 82.4 cm³/mol. The number of hydrogen-bond donors (Lipinski definition) is 1. The third-order valence-electron chi connectivity index (χ3n) is 4.37. The van der Waals surface area contributed by atoms with Gasteiger partial charge in [-0.2, -0.15) is 0 Å². The van der Waals surface area contributed by atoms with E-state index in [1.165, 1.54) is 46.7 Å². The van der Waals surface area contributed by atoms with Crippen LogP contribution in [0.5, 0.6) is 0 Å². The van der Waals surface area contributed by atoms with Crippen molar-refractivity contribution in [1.29, 1.82) is 0 Å². The molecule has 0 aromatic heterocycles. The van der Waals surface area contributed by atoms with Crippen molar-refractivity contribution in [3.05, 3.63) is 47.0 Å². The lowest BCUT2D eigenvalue weighted by Crippen LogP contribution is -2.12. The van der Waals surface area contributed by atoms with Crippen molar-refractivity contribution < 1.29 is 0 Å². The van der Waals surface area contributed by atoms with E-state index in [1.54, 1.807) is 0 Å². The lowest BCUT2D eigenvalue weighted by molar-refractivity contribution is 0.508. The van der Waals surface area contributed by atoms with E-state index in [0.29, 0.717) is 0 Å². The Labute approximate surface area is 115 Å². The third-order valence-corrected chi connectivity index (χ3v) is 4.37. The second-order valence-corrected chi connectivity index (χ2v) is 6.23. The van der Waals surface area contributed by atoms with E-state index in [2.05, 4.69) is 44.2 Å². The summed E-state index contributed by atoms with van der Waals surface area (Å²) in [7, 11) is 0. The topological polar surface area (TPSA) is 26.0 Å². The fourth-order valence-corrected chi connectivity index (χ4v) is 3.26. The summed E-state index contributed by atoms with van der Waals surface area (Å²) >= 11 is 0. The van der Waals surface area contributed by atoms with Gasteiger partial charge in [0.25, 0.3) is 0 Å². The lowest BCUT2D eigenvalue weighted by atomic mass is 9.92. The maximum absolute atomic E-state index is 6.43. The first-order valence-electron chi connectivity index (χ1n) is 7.46. The van der Waals surface area contributed by atoms with Crippen molar-refractivity contribution in [2.45, 2.75) is 45.6 Å². The Hall–Kier alpha value is -1.34. The number of nitrogens with two attached hydrogens (primary N) is 1. The Balaban J connectivity index is 2.01. The molecule has 0 saturated carbocycles. The van der Waals surface area contributed by atoms with Gasteiger partial charge in [0.05, 0.1) is 0 Å². The molecule has 1 aliphatic rings. The van der Waals surface area contributed by atoms with Gasteiger partial charge in [0.15, 0.2) is 0 Å². The number of aryl methyl sites for hydroxylation is 2. The maximum atomic E-state index is 6.43. The average Bonchev–Trinajstić information content (AvgIpc) is 2.82. The van der Waals surface area contributed by atoms with Crippen LogP contribution in [0.25, 0.3) is 10.8 Å². The monoisotopic (exact) mass is 253 g/mol. The highest BCUT2D eigenvalue weighted by atomic mass is 14.6. The zero-order valence-corrected chi connectivity index (χ0v) is 11.9. The summed E-state index contributed by atoms with van der Waals surface area (Å²) in [4.78, 5) is 0. The molecule has 0 heterocycles. The summed E-state index contributed by atoms with van der Waals surface area (Å²) < 4.78 is 0. The number of hydrogen-bond acceptors (Lipinski definition) is 1. The molecule has 0 saturated heterocycles. The Morgan fingerprint density at radius 1 is 1.00 bits per heavy atom. The second-order valence-electron chi connectivity index (χ2n) is 6.23. The highest BCUT2D eigenvalue weighted by Gasteiger charge is 2.18. The van der Waals surface area contributed by atoms with Crippen LogP contribution in [0.1, 0.15) is 49.4 Å². The molecule has 0 spiro atoms. The van der Waals surface area contributed by atoms with Crippen LogP contribution in [-0.2, 0) is 12.8 Å². The predicted octanol–water partition coefficient (Wildman–Crippen LogP) is 4.37. The van der Waals surface area contributed by atoms with Gasteiger partial charge >= 0.3 is 0 Å². The fourth-order valence-electron chi connectivity index (χ4n) is 3.26. The first-order chi connectivity index (χ1) is 9.16. The lowest BCUT2D eigenvalue weighted by Gasteiger charge is -2.17. The summed E-state index contributed by atoms with van der Waals surface area (Å²) in [5.74, 6) is 0.725. The fraction of sp³-hybridized carbons (Fsp3) is 0.444. The Kier molecular flexibility index (Phi) is 3.32. The maximum Gasteiger partial charge on any atom is 0.0301 e. The Morgan fingerprint density at radius 2 is 1.74 bits per heavy atom. The average molecular weight is 253 g/mol. The molecule has 19 heavy (non-hydrogen) atoms. The molecule has 0 bridgehead atoms. The molecule has 0 aliphatic heterocycles. The van der Waals surface area contributed by atoms with Crippen molar-refractivity contribution in [3.63, 3.8) is 0 Å². The van der Waals surface area contributed by atoms with Crippen LogP contribution in [0.4, 0.5) is 0 Å². The molecule has 2 aromatic carbocycles. The van der Waals surface area contributed by atoms with Gasteiger partial charge in [-0.3, -0.25) is 0 Å². The molecule has 1 heteroatoms. The van der Waals surface area contributed by atoms with E-state index in [1.807, 2.05) is 0 Å². The van der Waals surface area contributed by atoms with E-state index >= 15 is 0 Å². The zero-order chi connectivity index (χ0) is 13.4. The van der Waals surface area contributed by atoms with E-state index in [9.17, 15) is 0 Å². The first kappa shape index (κ1) is 12.7. The molecule has 1 nitrogen and oxygen atoms in total. The van der Waals surface area contributed by atoms with E-state index < -0.39 is 0 Å². The Bertz CT molecular complexity index is 588. The molecule has 0 amide bonds. The highest BCUT2D eigenvalue weighted by Crippen LogP contribution is 2.35. The van der Waals surface area contributed by atoms with Crippen LogP contribution in [0, 0.1) is 5.92 Å². The standard InChI is InChI=1S/C18H23N/c1-12(2)6-11-17(19)15-10-9-14-8-7-13-4-3-5-16(15)18(13)14/h3-5,9-10,12,17H,6-8,11,19H2,1-2H3. The summed E-state index contributed by atoms with van der Waals surface area (Å²) in [6.45, 7) is 4.53. The molecular weight excluding hydrogens is 230 g/mol. The molecule has 3 rings (SSSR count). The van der Waals surface area contributed by atoms with Crippen LogP contribution in [-0.4, -0.2) is 0 Å². The summed E-state index contributed by atoms with van der Waals surface area (Å²) in [6, 6.07) is 11.4. The van der Waals surface area contributed by atoms with Crippen molar-refractivity contribution in [2.75, 3.05) is 0 Å². The first-order valence-corrected chi connectivity index (χ1v) is 7.46. The van der Waals surface area contributed by atoms with Crippen LogP contribution in [0.3, 0.4) is 0 Å². The van der Waals surface area contributed by atoms with Gasteiger partial charge in [0, 0.05) is 6.04 Å². The summed E-state index contributed by atoms with van der Waals surface area (Å²) in [5.41, 5.74) is 10.8. The van der Waals surface area contributed by atoms with Gasteiger partial charge in [-0.15, -0.1) is 0 Å². The number of benzene rings is 2. The molecule has 2 N–H and O–H groups in total. The van der Waals surface area contributed by atoms with Crippen molar-refractivity contribution in [1.82, 2.24) is 0 Å². The molecular formula is C18H23N. The van der Waals surface area contributed by atoms with Crippen LogP contribution >= 0.6 is 0 Å². The minimum Gasteiger partial charge on any atom is -0.324 e. The molecule has 100 valence electrons. The molecule has 0 radical (unpaired) electrons. The summed E-state index contributed by atoms with van der Waals surface area (Å²) in [6.07, 6.45) is 4.66. The van der Waals surface area contributed by atoms with Crippen LogP contribution in [0.15, 0.2) is 30.3 Å². The van der Waals surface area contributed by atoms with Crippen LogP contribution < -0.4 is 5.73 Å². The van der Waals surface area contributed by atoms with Gasteiger partial charge in [0.1, 0.15) is 0 Å². The van der Waals surface area contributed by atoms with E-state index in [4.69, 9.17) is 5.73 Å². The SMILES string of the molecule is CC(C)CCC(N)c1ccc2c3c(cccc13)CC2. The van der Waals surface area contributed by atoms with Gasteiger partial charge in [-0.1, -0.05) is 44.2 Å². The second kappa shape index (κ2) is 4.97. The minimum atomic E-state index is 0.173. The molecule has 1 unspecified atom stereocenters. The number of rotatable bonds is 4. The third kappa shape index (κ3) is 2.28. The van der Waals surface area contributed by atoms with Crippen LogP contribution in [0.2, 0.25) is 0 Å². The smallest absolute Gasteiger partial charge is 0.0301 e. The van der Waals surface area contributed by atoms with Gasteiger partial charge in [-0.05, 0) is 59.1 Å². The quantitative estimate of drug-likeness (QED) is 0.860. The van der Waals surface area contributed by atoms with Crippen molar-refractivity contribution >= 4 is 10.8 Å². The van der Waals surface area contributed by atoms with Crippen molar-refractivity contribution in [3.8, 4) is 0 Å². The van der Waals surface area contributed by atoms with Crippen molar-refractivity contribution in [2.24, 2.45) is 11.7 Å². The van der Waals surface area contributed by atoms with Gasteiger partial charge < -0.3 is 5.73 Å². The van der Waals surface area contributed by atoms with Gasteiger partial charge in [0.2, 0.25) is 0 Å². The zero-order valence-electron chi connectivity index (χ0n) is 11.9. The van der Waals surface area contributed by atoms with E-state index in [-0.39, 0.29) is 6.04 Å². The molecule has 1 aliphatic carbocycles. The minimum absolute atomic E-state index is 0.173. The molecule has 0 fully saturated rings. The van der Waals surface area contributed by atoms with E-state index in [0.717, 1.165) is 12.3 Å². The summed E-state index contributed by atoms with van der Waals surface area (Å²) in [5, 5.41) is 2.88. The Morgan fingerprint density at radius 3 is 2.47 bits per heavy atom. The molecule has 2 aromatic rings. The largest absolute Gasteiger partial charge is 0.324 e. The normalized spacial score (nSPS) is 15.4. The highest BCUT2D eigenvalue weighted by molar-refractivity contribution is 5.93.